The molecule has 0 saturated heterocycles. The molecule has 0 atom stereocenters. The SMILES string of the molecule is COc1nc(F)ccc1CN. The van der Waals surface area contributed by atoms with Gasteiger partial charge in [0.15, 0.2) is 0 Å². The molecular formula is C7H9FN2O. The van der Waals surface area contributed by atoms with Crippen LogP contribution in [0.25, 0.3) is 0 Å². The molecule has 0 fully saturated rings. The fourth-order valence-corrected chi connectivity index (χ4v) is 0.779. The predicted octanol–water partition coefficient (Wildman–Crippen LogP) is 0.688. The van der Waals surface area contributed by atoms with Crippen LogP contribution in [0.3, 0.4) is 0 Å². The second-order valence-corrected chi connectivity index (χ2v) is 2.01. The van der Waals surface area contributed by atoms with E-state index in [1.807, 2.05) is 0 Å². The van der Waals surface area contributed by atoms with Crippen LogP contribution in [0, 0.1) is 5.95 Å². The zero-order valence-electron chi connectivity index (χ0n) is 6.17. The largest absolute Gasteiger partial charge is 0.481 e. The van der Waals surface area contributed by atoms with Crippen LogP contribution in [-0.2, 0) is 6.54 Å². The van der Waals surface area contributed by atoms with Gasteiger partial charge in [-0.2, -0.15) is 9.37 Å². The summed E-state index contributed by atoms with van der Waals surface area (Å²) >= 11 is 0. The Bertz CT molecular complexity index is 252. The van der Waals surface area contributed by atoms with Gasteiger partial charge in [0, 0.05) is 12.1 Å². The van der Waals surface area contributed by atoms with E-state index in [1.165, 1.54) is 13.2 Å². The Kier molecular flexibility index (Phi) is 2.38. The Morgan fingerprint density at radius 2 is 2.36 bits per heavy atom. The minimum Gasteiger partial charge on any atom is -0.481 e. The van der Waals surface area contributed by atoms with E-state index in [4.69, 9.17) is 10.5 Å². The van der Waals surface area contributed by atoms with Crippen molar-refractivity contribution in [3.05, 3.63) is 23.6 Å². The number of hydrogen-bond acceptors (Lipinski definition) is 3. The van der Waals surface area contributed by atoms with Crippen molar-refractivity contribution < 1.29 is 9.13 Å². The van der Waals surface area contributed by atoms with Crippen LogP contribution in [-0.4, -0.2) is 12.1 Å². The van der Waals surface area contributed by atoms with Gasteiger partial charge in [-0.1, -0.05) is 0 Å². The van der Waals surface area contributed by atoms with Crippen molar-refractivity contribution in [3.8, 4) is 5.88 Å². The summed E-state index contributed by atoms with van der Waals surface area (Å²) in [5.74, 6) is -0.299. The van der Waals surface area contributed by atoms with Gasteiger partial charge in [-0.25, -0.2) is 0 Å². The number of methoxy groups -OCH3 is 1. The van der Waals surface area contributed by atoms with E-state index in [2.05, 4.69) is 4.98 Å². The van der Waals surface area contributed by atoms with E-state index in [-0.39, 0.29) is 5.88 Å². The first-order valence-corrected chi connectivity index (χ1v) is 3.17. The molecule has 0 saturated carbocycles. The van der Waals surface area contributed by atoms with E-state index >= 15 is 0 Å². The minimum absolute atomic E-state index is 0.257. The first-order chi connectivity index (χ1) is 5.27. The second-order valence-electron chi connectivity index (χ2n) is 2.01. The van der Waals surface area contributed by atoms with Gasteiger partial charge in [0.2, 0.25) is 11.8 Å². The van der Waals surface area contributed by atoms with E-state index in [0.717, 1.165) is 0 Å². The van der Waals surface area contributed by atoms with Crippen molar-refractivity contribution in [1.29, 1.82) is 0 Å². The van der Waals surface area contributed by atoms with Gasteiger partial charge < -0.3 is 10.5 Å². The highest BCUT2D eigenvalue weighted by molar-refractivity contribution is 5.25. The van der Waals surface area contributed by atoms with Gasteiger partial charge in [-0.15, -0.1) is 0 Å². The molecule has 1 aromatic heterocycles. The topological polar surface area (TPSA) is 48.1 Å². The fraction of sp³-hybridized carbons (Fsp3) is 0.286. The predicted molar refractivity (Wildman–Crippen MR) is 38.6 cm³/mol. The lowest BCUT2D eigenvalue weighted by atomic mass is 10.3. The van der Waals surface area contributed by atoms with Gasteiger partial charge in [-0.05, 0) is 12.1 Å². The highest BCUT2D eigenvalue weighted by Gasteiger charge is 2.02. The van der Waals surface area contributed by atoms with Crippen molar-refractivity contribution in [3.63, 3.8) is 0 Å². The fourth-order valence-electron chi connectivity index (χ4n) is 0.779. The first kappa shape index (κ1) is 7.94. The van der Waals surface area contributed by atoms with Crippen molar-refractivity contribution in [2.75, 3.05) is 7.11 Å². The molecule has 0 aliphatic rings. The molecule has 0 aliphatic heterocycles. The smallest absolute Gasteiger partial charge is 0.220 e. The summed E-state index contributed by atoms with van der Waals surface area (Å²) in [6, 6.07) is 2.81. The van der Waals surface area contributed by atoms with Crippen LogP contribution in [0.15, 0.2) is 12.1 Å². The van der Waals surface area contributed by atoms with E-state index in [1.54, 1.807) is 6.07 Å². The second kappa shape index (κ2) is 3.30. The van der Waals surface area contributed by atoms with Gasteiger partial charge in [0.1, 0.15) is 0 Å². The Morgan fingerprint density at radius 3 is 2.91 bits per heavy atom. The van der Waals surface area contributed by atoms with E-state index < -0.39 is 5.95 Å². The van der Waals surface area contributed by atoms with Crippen molar-refractivity contribution in [1.82, 2.24) is 4.98 Å². The summed E-state index contributed by atoms with van der Waals surface area (Å²) in [5.41, 5.74) is 6.04. The van der Waals surface area contributed by atoms with E-state index in [9.17, 15) is 4.39 Å². The molecule has 0 radical (unpaired) electrons. The lowest BCUT2D eigenvalue weighted by molar-refractivity contribution is 0.382. The molecule has 4 heteroatoms. The third-order valence-electron chi connectivity index (χ3n) is 1.32. The number of pyridine rings is 1. The molecule has 1 rings (SSSR count). The van der Waals surface area contributed by atoms with Crippen LogP contribution in [0.5, 0.6) is 5.88 Å². The number of nitrogens with zero attached hydrogens (tertiary/aromatic N) is 1. The zero-order chi connectivity index (χ0) is 8.27. The summed E-state index contributed by atoms with van der Waals surface area (Å²) in [6.07, 6.45) is 0. The first-order valence-electron chi connectivity index (χ1n) is 3.17. The molecule has 0 unspecified atom stereocenters. The number of nitrogens with two attached hydrogens (primary N) is 1. The van der Waals surface area contributed by atoms with Gasteiger partial charge in [0.05, 0.1) is 7.11 Å². The molecule has 0 bridgehead atoms. The van der Waals surface area contributed by atoms with Crippen LogP contribution in [0.2, 0.25) is 0 Å². The lowest BCUT2D eigenvalue weighted by Crippen LogP contribution is -2.02. The molecular weight excluding hydrogens is 147 g/mol. The van der Waals surface area contributed by atoms with E-state index in [0.29, 0.717) is 12.1 Å². The summed E-state index contributed by atoms with van der Waals surface area (Å²) in [5, 5.41) is 0. The molecule has 1 aromatic rings. The molecule has 3 nitrogen and oxygen atoms in total. The number of hydrogen-bond donors (Lipinski definition) is 1. The molecule has 2 N–H and O–H groups in total. The highest BCUT2D eigenvalue weighted by atomic mass is 19.1. The van der Waals surface area contributed by atoms with Gasteiger partial charge >= 0.3 is 0 Å². The standard InChI is InChI=1S/C7H9FN2O/c1-11-7-5(4-9)2-3-6(8)10-7/h2-3H,4,9H2,1H3. The zero-order valence-corrected chi connectivity index (χ0v) is 6.17. The number of rotatable bonds is 2. The molecule has 60 valence electrons. The summed E-state index contributed by atoms with van der Waals surface area (Å²) < 4.78 is 17.2. The average molecular weight is 156 g/mol. The average Bonchev–Trinajstić information content (AvgIpc) is 2.04. The maximum atomic E-state index is 12.4. The molecule has 11 heavy (non-hydrogen) atoms. The Balaban J connectivity index is 3.06. The van der Waals surface area contributed by atoms with Crippen molar-refractivity contribution in [2.24, 2.45) is 5.73 Å². The maximum absolute atomic E-state index is 12.4. The van der Waals surface area contributed by atoms with Gasteiger partial charge in [-0.3, -0.25) is 0 Å². The molecule has 0 spiro atoms. The summed E-state index contributed by atoms with van der Waals surface area (Å²) in [7, 11) is 1.43. The third-order valence-corrected chi connectivity index (χ3v) is 1.32. The molecule has 0 amide bonds. The Hall–Kier alpha value is -1.16. The van der Waals surface area contributed by atoms with Gasteiger partial charge in [0.25, 0.3) is 0 Å². The van der Waals surface area contributed by atoms with Crippen LogP contribution < -0.4 is 10.5 Å². The Morgan fingerprint density at radius 1 is 1.64 bits per heavy atom. The minimum atomic E-state index is -0.556. The van der Waals surface area contributed by atoms with Crippen LogP contribution >= 0.6 is 0 Å². The molecule has 0 aliphatic carbocycles. The molecule has 0 aromatic carbocycles. The lowest BCUT2D eigenvalue weighted by Gasteiger charge is -2.03. The Labute approximate surface area is 64.0 Å². The monoisotopic (exact) mass is 156 g/mol. The van der Waals surface area contributed by atoms with Crippen LogP contribution in [0.1, 0.15) is 5.56 Å². The number of aromatic nitrogens is 1. The van der Waals surface area contributed by atoms with Crippen molar-refractivity contribution in [2.45, 2.75) is 6.54 Å². The molecule has 1 heterocycles. The third kappa shape index (κ3) is 1.65. The number of halogens is 1. The quantitative estimate of drug-likeness (QED) is 0.641. The van der Waals surface area contributed by atoms with Crippen molar-refractivity contribution >= 4 is 0 Å². The normalized spacial score (nSPS) is 9.73. The summed E-state index contributed by atoms with van der Waals surface area (Å²) in [6.45, 7) is 0.302. The van der Waals surface area contributed by atoms with Crippen LogP contribution in [0.4, 0.5) is 4.39 Å². The number of ether oxygens (including phenoxy) is 1. The highest BCUT2D eigenvalue weighted by Crippen LogP contribution is 2.13. The maximum Gasteiger partial charge on any atom is 0.220 e. The summed E-state index contributed by atoms with van der Waals surface area (Å²) in [4.78, 5) is 3.49.